The summed E-state index contributed by atoms with van der Waals surface area (Å²) < 4.78 is 51.0. The maximum Gasteiger partial charge on any atom is 0.341 e. The number of hydrogen-bond acceptors (Lipinski definition) is 4. The van der Waals surface area contributed by atoms with Crippen LogP contribution in [-0.2, 0) is 9.84 Å². The number of aromatic carboxylic acids is 1. The lowest BCUT2D eigenvalue weighted by atomic mass is 10.2. The maximum absolute atomic E-state index is 13.9. The third kappa shape index (κ3) is 3.73. The number of rotatable bonds is 6. The summed E-state index contributed by atoms with van der Waals surface area (Å²) in [5.41, 5.74) is -1.25. The predicted molar refractivity (Wildman–Crippen MR) is 68.5 cm³/mol. The van der Waals surface area contributed by atoms with Crippen molar-refractivity contribution in [1.82, 2.24) is 4.90 Å². The molecule has 1 aromatic carbocycles. The van der Waals surface area contributed by atoms with Crippen molar-refractivity contribution in [2.24, 2.45) is 0 Å². The van der Waals surface area contributed by atoms with Gasteiger partial charge in [-0.25, -0.2) is 22.0 Å². The van der Waals surface area contributed by atoms with Crippen LogP contribution in [0.4, 0.5) is 8.78 Å². The monoisotopic (exact) mass is 307 g/mol. The van der Waals surface area contributed by atoms with Gasteiger partial charge in [0.15, 0.2) is 15.7 Å². The summed E-state index contributed by atoms with van der Waals surface area (Å²) in [4.78, 5) is 11.7. The molecule has 0 aliphatic carbocycles. The molecule has 0 aliphatic heterocycles. The van der Waals surface area contributed by atoms with Crippen molar-refractivity contribution in [2.45, 2.75) is 11.3 Å². The number of hydrogen-bond donors (Lipinski definition) is 1. The van der Waals surface area contributed by atoms with Gasteiger partial charge in [-0.15, -0.1) is 0 Å². The lowest BCUT2D eigenvalue weighted by Gasteiger charge is -2.11. The van der Waals surface area contributed by atoms with E-state index in [9.17, 15) is 22.0 Å². The predicted octanol–water partition coefficient (Wildman–Crippen LogP) is 1.39. The van der Waals surface area contributed by atoms with E-state index in [1.54, 1.807) is 19.0 Å². The second kappa shape index (κ2) is 6.27. The van der Waals surface area contributed by atoms with E-state index in [0.29, 0.717) is 12.6 Å². The van der Waals surface area contributed by atoms with Gasteiger partial charge < -0.3 is 10.0 Å². The smallest absolute Gasteiger partial charge is 0.341 e. The molecule has 0 saturated heterocycles. The van der Waals surface area contributed by atoms with Crippen molar-refractivity contribution in [3.8, 4) is 0 Å². The number of sulfone groups is 1. The number of nitrogens with zero attached hydrogens (tertiary/aromatic N) is 1. The summed E-state index contributed by atoms with van der Waals surface area (Å²) in [6, 6.07) is 1.40. The van der Waals surface area contributed by atoms with Gasteiger partial charge in [-0.2, -0.15) is 0 Å². The Kier molecular flexibility index (Phi) is 5.18. The highest BCUT2D eigenvalue weighted by Gasteiger charge is 2.26. The highest BCUT2D eigenvalue weighted by molar-refractivity contribution is 7.91. The maximum atomic E-state index is 13.9. The number of carbonyl (C=O) groups is 1. The van der Waals surface area contributed by atoms with Gasteiger partial charge in [-0.3, -0.25) is 0 Å². The van der Waals surface area contributed by atoms with Crippen LogP contribution in [-0.4, -0.2) is 50.8 Å². The van der Waals surface area contributed by atoms with Crippen LogP contribution in [0.1, 0.15) is 16.8 Å². The Labute approximate surface area is 115 Å². The molecule has 0 amide bonds. The molecule has 0 bridgehead atoms. The van der Waals surface area contributed by atoms with Crippen LogP contribution < -0.4 is 0 Å². The molecule has 0 aromatic heterocycles. The minimum Gasteiger partial charge on any atom is -0.477 e. The fourth-order valence-corrected chi connectivity index (χ4v) is 3.03. The summed E-state index contributed by atoms with van der Waals surface area (Å²) in [6.07, 6.45) is 0.258. The minimum atomic E-state index is -3.99. The van der Waals surface area contributed by atoms with Gasteiger partial charge in [0.2, 0.25) is 0 Å². The van der Waals surface area contributed by atoms with Gasteiger partial charge in [0.05, 0.1) is 5.75 Å². The lowest BCUT2D eigenvalue weighted by Crippen LogP contribution is -2.19. The second-order valence-electron chi connectivity index (χ2n) is 4.52. The highest BCUT2D eigenvalue weighted by Crippen LogP contribution is 2.22. The summed E-state index contributed by atoms with van der Waals surface area (Å²) in [5.74, 6) is -5.04. The van der Waals surface area contributed by atoms with Crippen LogP contribution in [0.15, 0.2) is 17.0 Å². The first kappa shape index (κ1) is 16.5. The molecule has 0 saturated carbocycles. The Morgan fingerprint density at radius 3 is 2.40 bits per heavy atom. The van der Waals surface area contributed by atoms with E-state index in [0.717, 1.165) is 6.07 Å². The Morgan fingerprint density at radius 2 is 1.90 bits per heavy atom. The van der Waals surface area contributed by atoms with Crippen LogP contribution >= 0.6 is 0 Å². The van der Waals surface area contributed by atoms with Crippen LogP contribution in [0.25, 0.3) is 0 Å². The summed E-state index contributed by atoms with van der Waals surface area (Å²) >= 11 is 0. The fraction of sp³-hybridized carbons (Fsp3) is 0.417. The van der Waals surface area contributed by atoms with Crippen LogP contribution in [0, 0.1) is 11.6 Å². The molecular weight excluding hydrogens is 292 g/mol. The van der Waals surface area contributed by atoms with E-state index in [-0.39, 0.29) is 12.2 Å². The van der Waals surface area contributed by atoms with Crippen molar-refractivity contribution in [3.63, 3.8) is 0 Å². The Hall–Kier alpha value is -1.54. The molecule has 0 heterocycles. The van der Waals surface area contributed by atoms with E-state index < -0.39 is 37.9 Å². The molecule has 0 atom stereocenters. The van der Waals surface area contributed by atoms with E-state index in [1.807, 2.05) is 0 Å². The van der Waals surface area contributed by atoms with E-state index >= 15 is 0 Å². The fourth-order valence-electron chi connectivity index (χ4n) is 1.65. The molecule has 1 N–H and O–H groups in total. The van der Waals surface area contributed by atoms with Crippen molar-refractivity contribution in [3.05, 3.63) is 29.3 Å². The zero-order valence-corrected chi connectivity index (χ0v) is 11.9. The quantitative estimate of drug-likeness (QED) is 0.804. The number of carboxylic acids is 1. The first-order chi connectivity index (χ1) is 9.16. The first-order valence-corrected chi connectivity index (χ1v) is 7.41. The molecule has 20 heavy (non-hydrogen) atoms. The SMILES string of the molecule is CN(C)CCCS(=O)(=O)c1ccc(F)c(C(=O)O)c1F. The first-order valence-electron chi connectivity index (χ1n) is 5.75. The van der Waals surface area contributed by atoms with Gasteiger partial charge in [-0.1, -0.05) is 0 Å². The molecule has 0 fully saturated rings. The Bertz CT molecular complexity index is 614. The molecule has 0 radical (unpaired) electrons. The molecule has 1 rings (SSSR count). The van der Waals surface area contributed by atoms with Gasteiger partial charge in [0.25, 0.3) is 0 Å². The van der Waals surface area contributed by atoms with Gasteiger partial charge in [0, 0.05) is 0 Å². The number of benzene rings is 1. The Morgan fingerprint density at radius 1 is 1.30 bits per heavy atom. The zero-order chi connectivity index (χ0) is 15.5. The zero-order valence-electron chi connectivity index (χ0n) is 11.1. The average molecular weight is 307 g/mol. The van der Waals surface area contributed by atoms with E-state index in [4.69, 9.17) is 5.11 Å². The van der Waals surface area contributed by atoms with Crippen LogP contribution in [0.3, 0.4) is 0 Å². The normalized spacial score (nSPS) is 11.8. The molecule has 8 heteroatoms. The number of carboxylic acid groups (broad SMARTS) is 1. The van der Waals surface area contributed by atoms with Gasteiger partial charge in [0.1, 0.15) is 16.3 Å². The topological polar surface area (TPSA) is 74.7 Å². The van der Waals surface area contributed by atoms with Crippen LogP contribution in [0.5, 0.6) is 0 Å². The summed E-state index contributed by atoms with van der Waals surface area (Å²) in [6.45, 7) is 0.480. The van der Waals surface area contributed by atoms with Crippen molar-refractivity contribution in [1.29, 1.82) is 0 Å². The number of halogens is 2. The minimum absolute atomic E-state index is 0.258. The summed E-state index contributed by atoms with van der Waals surface area (Å²) in [5, 5.41) is 8.70. The molecule has 5 nitrogen and oxygen atoms in total. The van der Waals surface area contributed by atoms with E-state index in [2.05, 4.69) is 0 Å². The Balaban J connectivity index is 3.13. The molecule has 1 aromatic rings. The van der Waals surface area contributed by atoms with Crippen molar-refractivity contribution < 1.29 is 27.1 Å². The lowest BCUT2D eigenvalue weighted by molar-refractivity contribution is 0.0685. The molecular formula is C12H15F2NO4S. The van der Waals surface area contributed by atoms with Gasteiger partial charge in [-0.05, 0) is 39.2 Å². The second-order valence-corrected chi connectivity index (χ2v) is 6.59. The summed E-state index contributed by atoms with van der Waals surface area (Å²) in [7, 11) is -0.476. The molecule has 112 valence electrons. The molecule has 0 spiro atoms. The largest absolute Gasteiger partial charge is 0.477 e. The third-order valence-electron chi connectivity index (χ3n) is 2.62. The van der Waals surface area contributed by atoms with Crippen molar-refractivity contribution in [2.75, 3.05) is 26.4 Å². The van der Waals surface area contributed by atoms with E-state index in [1.165, 1.54) is 0 Å². The molecule has 0 unspecified atom stereocenters. The highest BCUT2D eigenvalue weighted by atomic mass is 32.2. The van der Waals surface area contributed by atoms with Gasteiger partial charge >= 0.3 is 5.97 Å². The van der Waals surface area contributed by atoms with Crippen molar-refractivity contribution >= 4 is 15.8 Å². The average Bonchev–Trinajstić information content (AvgIpc) is 2.26. The molecule has 0 aliphatic rings. The van der Waals surface area contributed by atoms with Crippen LogP contribution in [0.2, 0.25) is 0 Å². The standard InChI is InChI=1S/C12H15F2NO4S/c1-15(2)6-3-7-20(18,19)9-5-4-8(13)10(11(9)14)12(16)17/h4-5H,3,6-7H2,1-2H3,(H,16,17). The third-order valence-corrected chi connectivity index (χ3v) is 4.43.